The molecule has 2 heterocycles. The molecule has 86 valence electrons. The first-order chi connectivity index (χ1) is 7.77. The average molecular weight is 237 g/mol. The first kappa shape index (κ1) is 11.4. The Balaban J connectivity index is 1.84. The lowest BCUT2D eigenvalue weighted by Gasteiger charge is -2.14. The van der Waals surface area contributed by atoms with Gasteiger partial charge in [0.25, 0.3) is 0 Å². The second-order valence-electron chi connectivity index (χ2n) is 3.68. The first-order valence-corrected chi connectivity index (χ1v) is 6.13. The van der Waals surface area contributed by atoms with Gasteiger partial charge in [-0.15, -0.1) is 11.3 Å². The van der Waals surface area contributed by atoms with E-state index in [1.54, 1.807) is 29.7 Å². The maximum absolute atomic E-state index is 9.80. The Morgan fingerprint density at radius 3 is 2.94 bits per heavy atom. The SMILES string of the molecule is C[C@H](NCC(O)c1ccco1)c1cccs1. The van der Waals surface area contributed by atoms with Gasteiger partial charge in [-0.25, -0.2) is 0 Å². The van der Waals surface area contributed by atoms with E-state index < -0.39 is 6.10 Å². The highest BCUT2D eigenvalue weighted by Gasteiger charge is 2.12. The van der Waals surface area contributed by atoms with Crippen LogP contribution in [0.25, 0.3) is 0 Å². The minimum absolute atomic E-state index is 0.254. The van der Waals surface area contributed by atoms with Crippen LogP contribution in [0, 0.1) is 0 Å². The standard InChI is InChI=1S/C12H15NO2S/c1-9(12-5-3-7-16-12)13-8-10(14)11-4-2-6-15-11/h2-7,9-10,13-14H,8H2,1H3/t9-,10?/m0/s1. The van der Waals surface area contributed by atoms with Crippen LogP contribution in [0.1, 0.15) is 29.7 Å². The largest absolute Gasteiger partial charge is 0.467 e. The topological polar surface area (TPSA) is 45.4 Å². The number of aliphatic hydroxyl groups is 1. The molecule has 1 unspecified atom stereocenters. The van der Waals surface area contributed by atoms with Gasteiger partial charge in [0.2, 0.25) is 0 Å². The van der Waals surface area contributed by atoms with Gasteiger partial charge in [0.15, 0.2) is 0 Å². The molecule has 0 saturated carbocycles. The summed E-state index contributed by atoms with van der Waals surface area (Å²) in [6, 6.07) is 7.93. The highest BCUT2D eigenvalue weighted by atomic mass is 32.1. The fourth-order valence-electron chi connectivity index (χ4n) is 1.51. The molecule has 3 nitrogen and oxygen atoms in total. The van der Waals surface area contributed by atoms with Gasteiger partial charge < -0.3 is 14.8 Å². The molecular weight excluding hydrogens is 222 g/mol. The molecule has 2 aromatic heterocycles. The van der Waals surface area contributed by atoms with Crippen LogP contribution < -0.4 is 5.32 Å². The zero-order chi connectivity index (χ0) is 11.4. The van der Waals surface area contributed by atoms with Crippen LogP contribution in [0.5, 0.6) is 0 Å². The Morgan fingerprint density at radius 2 is 2.31 bits per heavy atom. The minimum atomic E-state index is -0.586. The maximum Gasteiger partial charge on any atom is 0.133 e. The van der Waals surface area contributed by atoms with E-state index in [-0.39, 0.29) is 6.04 Å². The second kappa shape index (κ2) is 5.30. The van der Waals surface area contributed by atoms with Crippen molar-refractivity contribution >= 4 is 11.3 Å². The number of rotatable bonds is 5. The highest BCUT2D eigenvalue weighted by molar-refractivity contribution is 7.10. The molecular formula is C12H15NO2S. The summed E-state index contributed by atoms with van der Waals surface area (Å²) in [6.07, 6.45) is 0.985. The molecule has 0 saturated heterocycles. The third-order valence-corrected chi connectivity index (χ3v) is 3.51. The van der Waals surface area contributed by atoms with E-state index in [1.807, 2.05) is 6.07 Å². The van der Waals surface area contributed by atoms with Crippen LogP contribution in [0.2, 0.25) is 0 Å². The molecule has 0 bridgehead atoms. The van der Waals surface area contributed by atoms with Crippen LogP contribution in [-0.2, 0) is 0 Å². The van der Waals surface area contributed by atoms with Crippen molar-refractivity contribution in [3.8, 4) is 0 Å². The molecule has 0 fully saturated rings. The lowest BCUT2D eigenvalue weighted by molar-refractivity contribution is 0.144. The van der Waals surface area contributed by atoms with Gasteiger partial charge in [-0.1, -0.05) is 6.07 Å². The normalized spacial score (nSPS) is 14.9. The fourth-order valence-corrected chi connectivity index (χ4v) is 2.27. The zero-order valence-electron chi connectivity index (χ0n) is 9.09. The minimum Gasteiger partial charge on any atom is -0.467 e. The number of hydrogen-bond acceptors (Lipinski definition) is 4. The summed E-state index contributed by atoms with van der Waals surface area (Å²) in [6.45, 7) is 2.58. The number of hydrogen-bond donors (Lipinski definition) is 2. The van der Waals surface area contributed by atoms with Crippen LogP contribution >= 0.6 is 11.3 Å². The summed E-state index contributed by atoms with van der Waals surface area (Å²) >= 11 is 1.71. The Kier molecular flexibility index (Phi) is 3.77. The van der Waals surface area contributed by atoms with Crippen molar-refractivity contribution in [2.24, 2.45) is 0 Å². The number of furan rings is 1. The molecule has 2 aromatic rings. The fraction of sp³-hybridized carbons (Fsp3) is 0.333. The van der Waals surface area contributed by atoms with Gasteiger partial charge in [-0.05, 0) is 30.5 Å². The smallest absolute Gasteiger partial charge is 0.133 e. The molecule has 0 aliphatic heterocycles. The van der Waals surface area contributed by atoms with E-state index in [1.165, 1.54) is 4.88 Å². The molecule has 0 radical (unpaired) electrons. The Labute approximate surface area is 98.7 Å². The summed E-state index contributed by atoms with van der Waals surface area (Å²) in [5.74, 6) is 0.603. The number of nitrogens with one attached hydrogen (secondary N) is 1. The summed E-state index contributed by atoms with van der Waals surface area (Å²) < 4.78 is 5.13. The highest BCUT2D eigenvalue weighted by Crippen LogP contribution is 2.19. The van der Waals surface area contributed by atoms with Crippen molar-refractivity contribution in [3.05, 3.63) is 46.5 Å². The third kappa shape index (κ3) is 2.72. The summed E-state index contributed by atoms with van der Waals surface area (Å²) in [7, 11) is 0. The van der Waals surface area contributed by atoms with Gasteiger partial charge in [0, 0.05) is 17.5 Å². The van der Waals surface area contributed by atoms with Gasteiger partial charge in [0.1, 0.15) is 11.9 Å². The van der Waals surface area contributed by atoms with E-state index >= 15 is 0 Å². The van der Waals surface area contributed by atoms with Crippen molar-refractivity contribution in [1.82, 2.24) is 5.32 Å². The molecule has 0 aromatic carbocycles. The Morgan fingerprint density at radius 1 is 1.44 bits per heavy atom. The quantitative estimate of drug-likeness (QED) is 0.840. The number of aliphatic hydroxyl groups excluding tert-OH is 1. The first-order valence-electron chi connectivity index (χ1n) is 5.25. The zero-order valence-corrected chi connectivity index (χ0v) is 9.91. The summed E-state index contributed by atoms with van der Waals surface area (Å²) in [5, 5.41) is 15.1. The molecule has 0 aliphatic rings. The molecule has 2 rings (SSSR count). The molecule has 0 spiro atoms. The Bertz CT molecular complexity index is 356. The van der Waals surface area contributed by atoms with E-state index in [0.717, 1.165) is 0 Å². The van der Waals surface area contributed by atoms with Crippen molar-refractivity contribution in [1.29, 1.82) is 0 Å². The molecule has 0 aliphatic carbocycles. The van der Waals surface area contributed by atoms with E-state index in [2.05, 4.69) is 23.7 Å². The third-order valence-electron chi connectivity index (χ3n) is 2.46. The van der Waals surface area contributed by atoms with Gasteiger partial charge in [0.05, 0.1) is 6.26 Å². The maximum atomic E-state index is 9.80. The van der Waals surface area contributed by atoms with Gasteiger partial charge in [-0.2, -0.15) is 0 Å². The van der Waals surface area contributed by atoms with E-state index in [0.29, 0.717) is 12.3 Å². The van der Waals surface area contributed by atoms with Crippen LogP contribution in [0.3, 0.4) is 0 Å². The van der Waals surface area contributed by atoms with Gasteiger partial charge >= 0.3 is 0 Å². The average Bonchev–Trinajstić information content (AvgIpc) is 2.95. The van der Waals surface area contributed by atoms with Crippen molar-refractivity contribution in [3.63, 3.8) is 0 Å². The predicted octanol–water partition coefficient (Wildman–Crippen LogP) is 2.73. The lowest BCUT2D eigenvalue weighted by Crippen LogP contribution is -2.23. The van der Waals surface area contributed by atoms with Crippen molar-refractivity contribution < 1.29 is 9.52 Å². The summed E-state index contributed by atoms with van der Waals surface area (Å²) in [5.41, 5.74) is 0. The van der Waals surface area contributed by atoms with Crippen LogP contribution in [-0.4, -0.2) is 11.7 Å². The van der Waals surface area contributed by atoms with Crippen LogP contribution in [0.15, 0.2) is 40.3 Å². The summed E-state index contributed by atoms with van der Waals surface area (Å²) in [4.78, 5) is 1.27. The molecule has 16 heavy (non-hydrogen) atoms. The molecule has 4 heteroatoms. The van der Waals surface area contributed by atoms with Gasteiger partial charge in [-0.3, -0.25) is 0 Å². The van der Waals surface area contributed by atoms with Crippen LogP contribution in [0.4, 0.5) is 0 Å². The molecule has 0 amide bonds. The monoisotopic (exact) mass is 237 g/mol. The number of thiophene rings is 1. The van der Waals surface area contributed by atoms with Crippen molar-refractivity contribution in [2.45, 2.75) is 19.1 Å². The Hall–Kier alpha value is -1.10. The molecule has 2 atom stereocenters. The lowest BCUT2D eigenvalue weighted by atomic mass is 10.2. The van der Waals surface area contributed by atoms with E-state index in [4.69, 9.17) is 4.42 Å². The predicted molar refractivity (Wildman–Crippen MR) is 64.4 cm³/mol. The van der Waals surface area contributed by atoms with E-state index in [9.17, 15) is 5.11 Å². The second-order valence-corrected chi connectivity index (χ2v) is 4.66. The molecule has 2 N–H and O–H groups in total. The van der Waals surface area contributed by atoms with Crippen molar-refractivity contribution in [2.75, 3.05) is 6.54 Å².